The number of benzene rings is 1. The maximum Gasteiger partial charge on any atom is 0.251 e. The molecule has 1 fully saturated rings. The Bertz CT molecular complexity index is 490. The summed E-state index contributed by atoms with van der Waals surface area (Å²) >= 11 is 0. The normalized spacial score (nSPS) is 21.8. The molecule has 0 radical (unpaired) electrons. The molecule has 1 aromatic carbocycles. The first kappa shape index (κ1) is 15.6. The number of hydrogen-bond acceptors (Lipinski definition) is 4. The molecule has 0 spiro atoms. The van der Waals surface area contributed by atoms with Gasteiger partial charge in [0.2, 0.25) is 0 Å². The standard InChI is InChI=1S/C16H24N2O3/c1-3-18-16(19)11-7-8-15(14(17)9-11)21-13-6-4-5-12(10-13)20-2/h7-9,12-13H,3-6,10,17H2,1-2H3,(H,18,19). The van der Waals surface area contributed by atoms with Crippen LogP contribution in [-0.4, -0.2) is 31.8 Å². The van der Waals surface area contributed by atoms with Crippen LogP contribution in [0.5, 0.6) is 5.75 Å². The molecule has 1 aliphatic carbocycles. The van der Waals surface area contributed by atoms with Gasteiger partial charge in [-0.1, -0.05) is 0 Å². The first-order valence-corrected chi connectivity index (χ1v) is 7.51. The van der Waals surface area contributed by atoms with Crippen LogP contribution in [-0.2, 0) is 4.74 Å². The van der Waals surface area contributed by atoms with Gasteiger partial charge in [0.25, 0.3) is 5.91 Å². The van der Waals surface area contributed by atoms with Gasteiger partial charge in [0, 0.05) is 25.6 Å². The van der Waals surface area contributed by atoms with E-state index in [1.54, 1.807) is 25.3 Å². The summed E-state index contributed by atoms with van der Waals surface area (Å²) in [6, 6.07) is 5.18. The Balaban J connectivity index is 2.02. The molecule has 116 valence electrons. The number of methoxy groups -OCH3 is 1. The Morgan fingerprint density at radius 3 is 2.81 bits per heavy atom. The number of nitrogens with one attached hydrogen (secondary N) is 1. The topological polar surface area (TPSA) is 73.6 Å². The van der Waals surface area contributed by atoms with Crippen LogP contribution in [0.3, 0.4) is 0 Å². The van der Waals surface area contributed by atoms with Crippen molar-refractivity contribution in [1.82, 2.24) is 5.32 Å². The van der Waals surface area contributed by atoms with Crippen molar-refractivity contribution >= 4 is 11.6 Å². The zero-order chi connectivity index (χ0) is 15.2. The summed E-state index contributed by atoms with van der Waals surface area (Å²) < 4.78 is 11.4. The molecule has 0 aliphatic heterocycles. The third-order valence-corrected chi connectivity index (χ3v) is 3.81. The molecule has 2 rings (SSSR count). The smallest absolute Gasteiger partial charge is 0.251 e. The van der Waals surface area contributed by atoms with Gasteiger partial charge in [0.15, 0.2) is 0 Å². The number of ether oxygens (including phenoxy) is 2. The number of amides is 1. The predicted molar refractivity (Wildman–Crippen MR) is 82.5 cm³/mol. The van der Waals surface area contributed by atoms with Crippen molar-refractivity contribution in [2.75, 3.05) is 19.4 Å². The Hall–Kier alpha value is -1.75. The lowest BCUT2D eigenvalue weighted by Gasteiger charge is -2.29. The molecule has 2 unspecified atom stereocenters. The van der Waals surface area contributed by atoms with Gasteiger partial charge in [-0.3, -0.25) is 4.79 Å². The van der Waals surface area contributed by atoms with Crippen molar-refractivity contribution in [3.05, 3.63) is 23.8 Å². The molecule has 1 aliphatic rings. The van der Waals surface area contributed by atoms with Crippen LogP contribution in [0.2, 0.25) is 0 Å². The largest absolute Gasteiger partial charge is 0.488 e. The second-order valence-electron chi connectivity index (χ2n) is 5.38. The first-order chi connectivity index (χ1) is 10.1. The summed E-state index contributed by atoms with van der Waals surface area (Å²) in [6.45, 7) is 2.48. The number of carbonyl (C=O) groups is 1. The average molecular weight is 292 g/mol. The molecule has 1 amide bonds. The highest BCUT2D eigenvalue weighted by atomic mass is 16.5. The second-order valence-corrected chi connectivity index (χ2v) is 5.38. The highest BCUT2D eigenvalue weighted by molar-refractivity contribution is 5.95. The fraction of sp³-hybridized carbons (Fsp3) is 0.562. The van der Waals surface area contributed by atoms with Crippen LogP contribution >= 0.6 is 0 Å². The number of nitrogen functional groups attached to an aromatic ring is 1. The van der Waals surface area contributed by atoms with Crippen LogP contribution < -0.4 is 15.8 Å². The van der Waals surface area contributed by atoms with Crippen LogP contribution in [0.1, 0.15) is 43.0 Å². The molecule has 1 saturated carbocycles. The number of hydrogen-bond donors (Lipinski definition) is 2. The Kier molecular flexibility index (Phi) is 5.44. The maximum atomic E-state index is 11.8. The number of carbonyl (C=O) groups excluding carboxylic acids is 1. The summed E-state index contributed by atoms with van der Waals surface area (Å²) in [7, 11) is 1.74. The van der Waals surface area contributed by atoms with Gasteiger partial charge in [0.1, 0.15) is 11.9 Å². The lowest BCUT2D eigenvalue weighted by Crippen LogP contribution is -2.29. The number of rotatable bonds is 5. The first-order valence-electron chi connectivity index (χ1n) is 7.51. The van der Waals surface area contributed by atoms with Gasteiger partial charge in [-0.05, 0) is 44.4 Å². The van der Waals surface area contributed by atoms with Crippen LogP contribution in [0.15, 0.2) is 18.2 Å². The van der Waals surface area contributed by atoms with Gasteiger partial charge in [0.05, 0.1) is 11.8 Å². The van der Waals surface area contributed by atoms with Crippen molar-refractivity contribution in [2.24, 2.45) is 0 Å². The van der Waals surface area contributed by atoms with Crippen molar-refractivity contribution in [1.29, 1.82) is 0 Å². The van der Waals surface area contributed by atoms with E-state index in [0.717, 1.165) is 25.7 Å². The molecular formula is C16H24N2O3. The fourth-order valence-electron chi connectivity index (χ4n) is 2.66. The van der Waals surface area contributed by atoms with Crippen molar-refractivity contribution in [3.8, 4) is 5.75 Å². The minimum absolute atomic E-state index is 0.118. The van der Waals surface area contributed by atoms with Gasteiger partial charge in [-0.2, -0.15) is 0 Å². The molecule has 2 atom stereocenters. The Labute approximate surface area is 125 Å². The van der Waals surface area contributed by atoms with Crippen molar-refractivity contribution in [2.45, 2.75) is 44.8 Å². The van der Waals surface area contributed by atoms with E-state index in [9.17, 15) is 4.79 Å². The molecule has 1 aromatic rings. The minimum Gasteiger partial charge on any atom is -0.488 e. The summed E-state index contributed by atoms with van der Waals surface area (Å²) in [5.41, 5.74) is 7.06. The molecule has 0 aromatic heterocycles. The molecule has 0 saturated heterocycles. The molecule has 5 heteroatoms. The van der Waals surface area contributed by atoms with Crippen LogP contribution in [0.25, 0.3) is 0 Å². The summed E-state index contributed by atoms with van der Waals surface area (Å²) in [4.78, 5) is 11.8. The molecule has 0 heterocycles. The van der Waals surface area contributed by atoms with E-state index in [2.05, 4.69) is 5.32 Å². The maximum absolute atomic E-state index is 11.8. The van der Waals surface area contributed by atoms with Gasteiger partial charge in [-0.25, -0.2) is 0 Å². The zero-order valence-corrected chi connectivity index (χ0v) is 12.7. The van der Waals surface area contributed by atoms with E-state index in [1.807, 2.05) is 6.92 Å². The summed E-state index contributed by atoms with van der Waals surface area (Å²) in [6.07, 6.45) is 4.47. The number of nitrogens with two attached hydrogens (primary N) is 1. The van der Waals surface area contributed by atoms with Gasteiger partial charge >= 0.3 is 0 Å². The fourth-order valence-corrected chi connectivity index (χ4v) is 2.66. The number of anilines is 1. The van der Waals surface area contributed by atoms with E-state index in [1.165, 1.54) is 0 Å². The third kappa shape index (κ3) is 4.11. The van der Waals surface area contributed by atoms with Gasteiger partial charge < -0.3 is 20.5 Å². The lowest BCUT2D eigenvalue weighted by molar-refractivity contribution is 0.0212. The molecule has 5 nitrogen and oxygen atoms in total. The van der Waals surface area contributed by atoms with Crippen LogP contribution in [0.4, 0.5) is 5.69 Å². The molecular weight excluding hydrogens is 268 g/mol. The molecule has 3 N–H and O–H groups in total. The molecule has 0 bridgehead atoms. The van der Waals surface area contributed by atoms with E-state index >= 15 is 0 Å². The highest BCUT2D eigenvalue weighted by Crippen LogP contribution is 2.29. The van der Waals surface area contributed by atoms with Crippen molar-refractivity contribution < 1.29 is 14.3 Å². The summed E-state index contributed by atoms with van der Waals surface area (Å²) in [5, 5.41) is 2.75. The van der Waals surface area contributed by atoms with Crippen LogP contribution in [0, 0.1) is 0 Å². The van der Waals surface area contributed by atoms with E-state index in [-0.39, 0.29) is 18.1 Å². The average Bonchev–Trinajstić information content (AvgIpc) is 2.49. The minimum atomic E-state index is -0.118. The Morgan fingerprint density at radius 2 is 2.14 bits per heavy atom. The zero-order valence-electron chi connectivity index (χ0n) is 12.7. The Morgan fingerprint density at radius 1 is 1.38 bits per heavy atom. The van der Waals surface area contributed by atoms with Gasteiger partial charge in [-0.15, -0.1) is 0 Å². The summed E-state index contributed by atoms with van der Waals surface area (Å²) in [5.74, 6) is 0.526. The second kappa shape index (κ2) is 7.31. The molecule has 21 heavy (non-hydrogen) atoms. The predicted octanol–water partition coefficient (Wildman–Crippen LogP) is 2.35. The lowest BCUT2D eigenvalue weighted by atomic mass is 9.95. The SMILES string of the molecule is CCNC(=O)c1ccc(OC2CCCC(OC)C2)c(N)c1. The third-order valence-electron chi connectivity index (χ3n) is 3.81. The van der Waals surface area contributed by atoms with E-state index < -0.39 is 0 Å². The van der Waals surface area contributed by atoms with E-state index in [0.29, 0.717) is 23.5 Å². The van der Waals surface area contributed by atoms with E-state index in [4.69, 9.17) is 15.2 Å². The van der Waals surface area contributed by atoms with Crippen molar-refractivity contribution in [3.63, 3.8) is 0 Å². The quantitative estimate of drug-likeness (QED) is 0.817. The highest BCUT2D eigenvalue weighted by Gasteiger charge is 2.23. The monoisotopic (exact) mass is 292 g/mol.